The summed E-state index contributed by atoms with van der Waals surface area (Å²) in [7, 11) is 0. The maximum atomic E-state index is 7.15. The maximum absolute atomic E-state index is 7.15. The first-order chi connectivity index (χ1) is 37.7. The molecule has 16 aromatic rings. The standard InChI is InChI=1S/C69H41N5OS/c1-5-19-42(20-6-1)67-70-68(43-21-7-2-8-22-43)72-69(71-67)56-41-44(47-29-17-32-55-62-60(76-66(47)55)40-38-52-50-28-14-16-34-58(50)74(64(52)62)46-25-11-4-12-26-46)35-36-48(56)53-30-18-31-54-61-59(75-65(53)54)39-37-51-49-27-13-15-33-57(49)73(63(51)61)45-23-9-3-10-24-45/h1-41H. The monoisotopic (exact) mass is 987 g/mol. The van der Waals surface area contributed by atoms with Crippen LogP contribution in [-0.2, 0) is 0 Å². The Bertz CT molecular complexity index is 4920. The number of para-hydroxylation sites is 5. The average Bonchev–Trinajstić information content (AvgIpc) is 4.34. The molecule has 0 bridgehead atoms. The van der Waals surface area contributed by atoms with Crippen molar-refractivity contribution in [2.75, 3.05) is 0 Å². The van der Waals surface area contributed by atoms with Gasteiger partial charge in [0.25, 0.3) is 0 Å². The molecule has 76 heavy (non-hydrogen) atoms. The first kappa shape index (κ1) is 42.5. The molecular weight excluding hydrogens is 947 g/mol. The van der Waals surface area contributed by atoms with Gasteiger partial charge in [-0.1, -0.05) is 188 Å². The van der Waals surface area contributed by atoms with E-state index in [0.29, 0.717) is 17.5 Å². The molecule has 6 nitrogen and oxygen atoms in total. The van der Waals surface area contributed by atoms with Crippen LogP contribution in [0.4, 0.5) is 0 Å². The minimum absolute atomic E-state index is 0.571. The average molecular weight is 988 g/mol. The van der Waals surface area contributed by atoms with Gasteiger partial charge in [-0.05, 0) is 77.4 Å². The molecule has 0 aliphatic rings. The van der Waals surface area contributed by atoms with E-state index in [1.807, 2.05) is 47.7 Å². The number of hydrogen-bond acceptors (Lipinski definition) is 5. The summed E-state index contributed by atoms with van der Waals surface area (Å²) in [5.41, 5.74) is 15.3. The fourth-order valence-electron chi connectivity index (χ4n) is 11.9. The molecule has 0 saturated carbocycles. The Balaban J connectivity index is 0.970. The molecule has 16 rings (SSSR count). The molecule has 5 aromatic heterocycles. The summed E-state index contributed by atoms with van der Waals surface area (Å²) in [6.45, 7) is 0. The molecule has 0 saturated heterocycles. The van der Waals surface area contributed by atoms with Gasteiger partial charge in [-0.15, -0.1) is 11.3 Å². The third-order valence-electron chi connectivity index (χ3n) is 15.2. The van der Waals surface area contributed by atoms with E-state index in [2.05, 4.69) is 221 Å². The number of aromatic nitrogens is 5. The second kappa shape index (κ2) is 16.8. The highest BCUT2D eigenvalue weighted by Gasteiger charge is 2.25. The van der Waals surface area contributed by atoms with E-state index in [1.54, 1.807) is 0 Å². The third kappa shape index (κ3) is 6.43. The van der Waals surface area contributed by atoms with Gasteiger partial charge in [0.1, 0.15) is 11.2 Å². The van der Waals surface area contributed by atoms with Gasteiger partial charge in [0.2, 0.25) is 0 Å². The van der Waals surface area contributed by atoms with E-state index in [9.17, 15) is 0 Å². The first-order valence-electron chi connectivity index (χ1n) is 25.6. The van der Waals surface area contributed by atoms with Crippen LogP contribution in [0.15, 0.2) is 253 Å². The molecule has 0 aliphatic carbocycles. The molecule has 11 aromatic carbocycles. The molecule has 7 heteroatoms. The highest BCUT2D eigenvalue weighted by atomic mass is 32.1. The number of fused-ring (bicyclic) bond motifs is 14. The Kier molecular flexibility index (Phi) is 9.40. The molecule has 0 fully saturated rings. The van der Waals surface area contributed by atoms with Gasteiger partial charge in [-0.25, -0.2) is 15.0 Å². The van der Waals surface area contributed by atoms with Crippen molar-refractivity contribution in [3.63, 3.8) is 0 Å². The van der Waals surface area contributed by atoms with E-state index in [0.717, 1.165) is 83.3 Å². The lowest BCUT2D eigenvalue weighted by molar-refractivity contribution is 0.670. The van der Waals surface area contributed by atoms with Gasteiger partial charge in [-0.3, -0.25) is 0 Å². The van der Waals surface area contributed by atoms with Crippen LogP contribution in [0.2, 0.25) is 0 Å². The Hall–Kier alpha value is -9.95. The molecule has 0 N–H and O–H groups in total. The van der Waals surface area contributed by atoms with Crippen LogP contribution in [0.1, 0.15) is 0 Å². The van der Waals surface area contributed by atoms with Crippen LogP contribution < -0.4 is 0 Å². The highest BCUT2D eigenvalue weighted by Crippen LogP contribution is 2.49. The van der Waals surface area contributed by atoms with Gasteiger partial charge in [0.05, 0.1) is 27.5 Å². The number of thiophene rings is 1. The number of nitrogens with zero attached hydrogens (tertiary/aromatic N) is 5. The zero-order chi connectivity index (χ0) is 49.8. The minimum Gasteiger partial charge on any atom is -0.455 e. The normalized spacial score (nSPS) is 11.9. The second-order valence-electron chi connectivity index (χ2n) is 19.4. The van der Waals surface area contributed by atoms with Crippen molar-refractivity contribution in [3.8, 4) is 67.8 Å². The van der Waals surface area contributed by atoms with Crippen molar-refractivity contribution in [2.24, 2.45) is 0 Å². The predicted molar refractivity (Wildman–Crippen MR) is 316 cm³/mol. The highest BCUT2D eigenvalue weighted by molar-refractivity contribution is 7.26. The molecule has 0 aliphatic heterocycles. The predicted octanol–water partition coefficient (Wildman–Crippen LogP) is 18.7. The SMILES string of the molecule is c1ccc(-c2nc(-c3ccccc3)nc(-c3cc(-c4cccc5c4sc4ccc6c7ccccc7n(-c7ccccc7)c6c45)ccc3-c3cccc4c3oc3ccc5c6ccccc6n(-c6ccccc6)c5c34)n2)cc1. The lowest BCUT2D eigenvalue weighted by atomic mass is 9.92. The Labute approximate surface area is 439 Å². The fourth-order valence-corrected chi connectivity index (χ4v) is 13.1. The second-order valence-corrected chi connectivity index (χ2v) is 20.5. The van der Waals surface area contributed by atoms with Crippen molar-refractivity contribution < 1.29 is 4.42 Å². The van der Waals surface area contributed by atoms with Crippen LogP contribution in [-0.4, -0.2) is 24.1 Å². The van der Waals surface area contributed by atoms with Crippen molar-refractivity contribution in [3.05, 3.63) is 249 Å². The van der Waals surface area contributed by atoms with Gasteiger partial charge < -0.3 is 13.6 Å². The molecule has 0 atom stereocenters. The molecule has 0 amide bonds. The van der Waals surface area contributed by atoms with Gasteiger partial charge in [0.15, 0.2) is 17.5 Å². The summed E-state index contributed by atoms with van der Waals surface area (Å²) in [4.78, 5) is 15.9. The van der Waals surface area contributed by atoms with Crippen molar-refractivity contribution >= 4 is 97.1 Å². The summed E-state index contributed by atoms with van der Waals surface area (Å²) in [5.74, 6) is 1.77. The molecule has 0 radical (unpaired) electrons. The quantitative estimate of drug-likeness (QED) is 0.160. The van der Waals surface area contributed by atoms with E-state index in [-0.39, 0.29) is 0 Å². The van der Waals surface area contributed by atoms with Crippen LogP contribution in [0.5, 0.6) is 0 Å². The van der Waals surface area contributed by atoms with Crippen LogP contribution in [0.3, 0.4) is 0 Å². The Morgan fingerprint density at radius 2 is 0.842 bits per heavy atom. The van der Waals surface area contributed by atoms with E-state index in [1.165, 1.54) is 52.8 Å². The summed E-state index contributed by atoms with van der Waals surface area (Å²) < 4.78 is 14.4. The topological polar surface area (TPSA) is 61.7 Å². The molecular formula is C69H41N5OS. The summed E-state index contributed by atoms with van der Waals surface area (Å²) in [6, 6.07) is 88.3. The lowest BCUT2D eigenvalue weighted by Gasteiger charge is -2.15. The van der Waals surface area contributed by atoms with E-state index < -0.39 is 0 Å². The molecule has 5 heterocycles. The van der Waals surface area contributed by atoms with Crippen LogP contribution in [0.25, 0.3) is 154 Å². The van der Waals surface area contributed by atoms with Crippen LogP contribution in [0, 0.1) is 0 Å². The number of benzene rings is 11. The van der Waals surface area contributed by atoms with E-state index in [4.69, 9.17) is 19.4 Å². The van der Waals surface area contributed by atoms with E-state index >= 15 is 0 Å². The summed E-state index contributed by atoms with van der Waals surface area (Å²) >= 11 is 1.85. The van der Waals surface area contributed by atoms with Gasteiger partial charge in [-0.2, -0.15) is 0 Å². The third-order valence-corrected chi connectivity index (χ3v) is 16.4. The smallest absolute Gasteiger partial charge is 0.164 e. The molecule has 0 unspecified atom stereocenters. The van der Waals surface area contributed by atoms with Crippen molar-refractivity contribution in [1.29, 1.82) is 0 Å². The molecule has 354 valence electrons. The Morgan fingerprint density at radius 3 is 1.47 bits per heavy atom. The Morgan fingerprint density at radius 1 is 0.329 bits per heavy atom. The van der Waals surface area contributed by atoms with Gasteiger partial charge >= 0.3 is 0 Å². The zero-order valence-electron chi connectivity index (χ0n) is 40.7. The van der Waals surface area contributed by atoms with Crippen molar-refractivity contribution in [2.45, 2.75) is 0 Å². The summed E-state index contributed by atoms with van der Waals surface area (Å²) in [5, 5.41) is 9.43. The summed E-state index contributed by atoms with van der Waals surface area (Å²) in [6.07, 6.45) is 0. The van der Waals surface area contributed by atoms with Crippen LogP contribution >= 0.6 is 11.3 Å². The zero-order valence-corrected chi connectivity index (χ0v) is 41.5. The number of rotatable bonds is 7. The lowest BCUT2D eigenvalue weighted by Crippen LogP contribution is -2.01. The van der Waals surface area contributed by atoms with Gasteiger partial charge in [0, 0.05) is 80.7 Å². The number of hydrogen-bond donors (Lipinski definition) is 0. The first-order valence-corrected chi connectivity index (χ1v) is 26.4. The van der Waals surface area contributed by atoms with Crippen molar-refractivity contribution in [1.82, 2.24) is 24.1 Å². The maximum Gasteiger partial charge on any atom is 0.164 e. The number of furan rings is 1. The fraction of sp³-hybridized carbons (Fsp3) is 0. The molecule has 0 spiro atoms. The minimum atomic E-state index is 0.571. The largest absolute Gasteiger partial charge is 0.455 e.